The van der Waals surface area contributed by atoms with Gasteiger partial charge in [-0.25, -0.2) is 4.39 Å². The van der Waals surface area contributed by atoms with Crippen LogP contribution in [-0.2, 0) is 0 Å². The maximum Gasteiger partial charge on any atom is 0.164 e. The van der Waals surface area contributed by atoms with E-state index in [9.17, 15) is 9.18 Å². The summed E-state index contributed by atoms with van der Waals surface area (Å²) >= 11 is 0. The van der Waals surface area contributed by atoms with Gasteiger partial charge >= 0.3 is 0 Å². The molecule has 0 fully saturated rings. The lowest BCUT2D eigenvalue weighted by Crippen LogP contribution is -2.10. The molecule has 0 aliphatic carbocycles. The summed E-state index contributed by atoms with van der Waals surface area (Å²) in [6.07, 6.45) is 3.66. The van der Waals surface area contributed by atoms with Crippen LogP contribution in [0.2, 0.25) is 0 Å². The summed E-state index contributed by atoms with van der Waals surface area (Å²) < 4.78 is 12.7. The number of carbonyl (C=O) groups is 1. The zero-order valence-electron chi connectivity index (χ0n) is 8.09. The molecule has 1 N–H and O–H groups in total. The van der Waals surface area contributed by atoms with Gasteiger partial charge in [-0.1, -0.05) is 0 Å². The van der Waals surface area contributed by atoms with E-state index in [0.29, 0.717) is 12.0 Å². The fourth-order valence-electron chi connectivity index (χ4n) is 1.13. The van der Waals surface area contributed by atoms with Gasteiger partial charge in [-0.15, -0.1) is 0 Å². The Hall–Kier alpha value is -1.29. The fourth-order valence-corrected chi connectivity index (χ4v) is 1.13. The average molecular weight is 196 g/mol. The number of ketones is 1. The first-order valence-corrected chi connectivity index (χ1v) is 4.52. The van der Waals surface area contributed by atoms with E-state index in [2.05, 4.69) is 10.3 Å². The van der Waals surface area contributed by atoms with Crippen molar-refractivity contribution in [1.29, 1.82) is 0 Å². The number of halogens is 1. The highest BCUT2D eigenvalue weighted by Gasteiger charge is 2.06. The molecule has 4 heteroatoms. The van der Waals surface area contributed by atoms with Crippen molar-refractivity contribution >= 4 is 5.78 Å². The number of rotatable bonds is 5. The molecule has 76 valence electrons. The Kier molecular flexibility index (Phi) is 4.19. The first kappa shape index (κ1) is 10.8. The molecule has 0 bridgehead atoms. The maximum atomic E-state index is 12.7. The summed E-state index contributed by atoms with van der Waals surface area (Å²) in [5, 5.41) is 2.94. The number of nitrogens with zero attached hydrogens (tertiary/aromatic N) is 1. The molecule has 0 aliphatic rings. The number of Topliss-reactive ketones (excluding diaryl/α,β-unsaturated/α-hetero) is 1. The van der Waals surface area contributed by atoms with Crippen molar-refractivity contribution < 1.29 is 9.18 Å². The average Bonchev–Trinajstić information content (AvgIpc) is 2.18. The zero-order valence-corrected chi connectivity index (χ0v) is 8.09. The first-order valence-electron chi connectivity index (χ1n) is 4.52. The van der Waals surface area contributed by atoms with Crippen LogP contribution in [0.15, 0.2) is 18.5 Å². The van der Waals surface area contributed by atoms with Crippen molar-refractivity contribution in [3.63, 3.8) is 0 Å². The first-order chi connectivity index (χ1) is 6.74. The Labute approximate surface area is 82.4 Å². The molecule has 3 nitrogen and oxygen atoms in total. The van der Waals surface area contributed by atoms with Gasteiger partial charge in [0.05, 0.1) is 6.20 Å². The Balaban J connectivity index is 2.52. The SMILES string of the molecule is CNCCCC(=O)c1cncc(F)c1. The van der Waals surface area contributed by atoms with E-state index in [0.717, 1.165) is 19.2 Å². The van der Waals surface area contributed by atoms with E-state index >= 15 is 0 Å². The summed E-state index contributed by atoms with van der Waals surface area (Å²) in [5.41, 5.74) is 0.348. The summed E-state index contributed by atoms with van der Waals surface area (Å²) in [6.45, 7) is 0.786. The number of hydrogen-bond acceptors (Lipinski definition) is 3. The molecule has 1 heterocycles. The third-order valence-electron chi connectivity index (χ3n) is 1.86. The van der Waals surface area contributed by atoms with E-state index in [1.807, 2.05) is 7.05 Å². The minimum atomic E-state index is -0.468. The molecule has 0 saturated carbocycles. The fraction of sp³-hybridized carbons (Fsp3) is 0.400. The molecular formula is C10H13FN2O. The Morgan fingerprint density at radius 3 is 3.00 bits per heavy atom. The van der Waals surface area contributed by atoms with Crippen LogP contribution < -0.4 is 5.32 Å². The third kappa shape index (κ3) is 3.22. The van der Waals surface area contributed by atoms with E-state index in [1.54, 1.807) is 0 Å². The molecule has 0 aromatic carbocycles. The van der Waals surface area contributed by atoms with Crippen LogP contribution in [0.25, 0.3) is 0 Å². The van der Waals surface area contributed by atoms with Gasteiger partial charge < -0.3 is 5.32 Å². The van der Waals surface area contributed by atoms with Gasteiger partial charge in [0.1, 0.15) is 5.82 Å². The predicted octanol–water partition coefficient (Wildman–Crippen LogP) is 1.40. The molecule has 1 aromatic heterocycles. The normalized spacial score (nSPS) is 10.1. The molecule has 0 aliphatic heterocycles. The largest absolute Gasteiger partial charge is 0.320 e. The van der Waals surface area contributed by atoms with E-state index in [1.165, 1.54) is 12.3 Å². The minimum Gasteiger partial charge on any atom is -0.320 e. The zero-order chi connectivity index (χ0) is 10.4. The van der Waals surface area contributed by atoms with Crippen LogP contribution >= 0.6 is 0 Å². The van der Waals surface area contributed by atoms with Crippen molar-refractivity contribution in [2.75, 3.05) is 13.6 Å². The van der Waals surface area contributed by atoms with Crippen molar-refractivity contribution in [2.45, 2.75) is 12.8 Å². The second-order valence-electron chi connectivity index (χ2n) is 3.02. The minimum absolute atomic E-state index is 0.0627. The van der Waals surface area contributed by atoms with Gasteiger partial charge in [0, 0.05) is 18.2 Å². The highest BCUT2D eigenvalue weighted by Crippen LogP contribution is 2.05. The molecule has 0 radical (unpaired) electrons. The smallest absolute Gasteiger partial charge is 0.164 e. The number of hydrogen-bond donors (Lipinski definition) is 1. The van der Waals surface area contributed by atoms with Gasteiger partial charge in [-0.3, -0.25) is 9.78 Å². The summed E-state index contributed by atoms with van der Waals surface area (Å²) in [6, 6.07) is 1.22. The van der Waals surface area contributed by atoms with Crippen LogP contribution in [0.3, 0.4) is 0 Å². The van der Waals surface area contributed by atoms with Crippen LogP contribution in [-0.4, -0.2) is 24.4 Å². The molecule has 1 aromatic rings. The Morgan fingerprint density at radius 2 is 2.36 bits per heavy atom. The summed E-state index contributed by atoms with van der Waals surface area (Å²) in [5.74, 6) is -0.531. The van der Waals surface area contributed by atoms with Gasteiger partial charge in [0.15, 0.2) is 5.78 Å². The van der Waals surface area contributed by atoms with Crippen molar-refractivity contribution in [3.8, 4) is 0 Å². The summed E-state index contributed by atoms with van der Waals surface area (Å²) in [7, 11) is 1.83. The monoisotopic (exact) mass is 196 g/mol. The van der Waals surface area contributed by atoms with Crippen molar-refractivity contribution in [2.24, 2.45) is 0 Å². The predicted molar refractivity (Wildman–Crippen MR) is 51.7 cm³/mol. The van der Waals surface area contributed by atoms with Crippen LogP contribution in [0.5, 0.6) is 0 Å². The highest BCUT2D eigenvalue weighted by atomic mass is 19.1. The number of carbonyl (C=O) groups excluding carboxylic acids is 1. The molecule has 1 rings (SSSR count). The molecule has 0 amide bonds. The second kappa shape index (κ2) is 5.44. The molecule has 0 saturated heterocycles. The Bertz CT molecular complexity index is 315. The number of nitrogens with one attached hydrogen (secondary N) is 1. The molecule has 14 heavy (non-hydrogen) atoms. The third-order valence-corrected chi connectivity index (χ3v) is 1.86. The molecule has 0 unspecified atom stereocenters. The number of aromatic nitrogens is 1. The van der Waals surface area contributed by atoms with Gasteiger partial charge in [-0.05, 0) is 26.1 Å². The van der Waals surface area contributed by atoms with E-state index < -0.39 is 5.82 Å². The lowest BCUT2D eigenvalue weighted by atomic mass is 10.1. The summed E-state index contributed by atoms with van der Waals surface area (Å²) in [4.78, 5) is 15.1. The van der Waals surface area contributed by atoms with Crippen molar-refractivity contribution in [1.82, 2.24) is 10.3 Å². The second-order valence-corrected chi connectivity index (χ2v) is 3.02. The topological polar surface area (TPSA) is 42.0 Å². The molecule has 0 spiro atoms. The lowest BCUT2D eigenvalue weighted by molar-refractivity contribution is 0.0979. The van der Waals surface area contributed by atoms with Crippen LogP contribution in [0.4, 0.5) is 4.39 Å². The van der Waals surface area contributed by atoms with Gasteiger partial charge in [0.2, 0.25) is 0 Å². The van der Waals surface area contributed by atoms with E-state index in [-0.39, 0.29) is 5.78 Å². The van der Waals surface area contributed by atoms with E-state index in [4.69, 9.17) is 0 Å². The lowest BCUT2D eigenvalue weighted by Gasteiger charge is -2.00. The van der Waals surface area contributed by atoms with Gasteiger partial charge in [-0.2, -0.15) is 0 Å². The Morgan fingerprint density at radius 1 is 1.57 bits per heavy atom. The van der Waals surface area contributed by atoms with Gasteiger partial charge in [0.25, 0.3) is 0 Å². The quantitative estimate of drug-likeness (QED) is 0.571. The van der Waals surface area contributed by atoms with Crippen molar-refractivity contribution in [3.05, 3.63) is 29.8 Å². The van der Waals surface area contributed by atoms with Crippen LogP contribution in [0.1, 0.15) is 23.2 Å². The number of pyridine rings is 1. The van der Waals surface area contributed by atoms with Crippen LogP contribution in [0, 0.1) is 5.82 Å². The molecular weight excluding hydrogens is 183 g/mol. The molecule has 0 atom stereocenters. The standard InChI is InChI=1S/C10H13FN2O/c1-12-4-2-3-10(14)8-5-9(11)7-13-6-8/h5-7,12H,2-4H2,1H3. The highest BCUT2D eigenvalue weighted by molar-refractivity contribution is 5.95. The maximum absolute atomic E-state index is 12.7.